The fourth-order valence-electron chi connectivity index (χ4n) is 2.02. The molecule has 6 heteroatoms. The van der Waals surface area contributed by atoms with E-state index in [4.69, 9.17) is 4.52 Å². The van der Waals surface area contributed by atoms with Gasteiger partial charge in [-0.2, -0.15) is 4.98 Å². The van der Waals surface area contributed by atoms with Crippen LogP contribution in [0.3, 0.4) is 0 Å². The minimum atomic E-state index is -0.401. The average Bonchev–Trinajstić information content (AvgIpc) is 3.05. The molecule has 0 saturated carbocycles. The fraction of sp³-hybridized carbons (Fsp3) is 0.0625. The van der Waals surface area contributed by atoms with Crippen molar-refractivity contribution in [1.29, 1.82) is 0 Å². The van der Waals surface area contributed by atoms with Crippen molar-refractivity contribution in [1.82, 2.24) is 10.1 Å². The maximum Gasteiger partial charge on any atom is 0.255 e. The summed E-state index contributed by atoms with van der Waals surface area (Å²) in [7, 11) is 0. The van der Waals surface area contributed by atoms with E-state index in [-0.39, 0.29) is 5.91 Å². The van der Waals surface area contributed by atoms with Gasteiger partial charge >= 0.3 is 0 Å². The molecule has 1 N–H and O–H groups in total. The van der Waals surface area contributed by atoms with Gasteiger partial charge in [-0.1, -0.05) is 23.4 Å². The molecule has 1 amide bonds. The molecule has 3 aromatic rings. The van der Waals surface area contributed by atoms with Gasteiger partial charge in [0, 0.05) is 16.8 Å². The molecule has 110 valence electrons. The number of nitrogens with one attached hydrogen (secondary N) is 1. The largest absolute Gasteiger partial charge is 0.342 e. The van der Waals surface area contributed by atoms with Gasteiger partial charge in [0.05, 0.1) is 0 Å². The Hall–Kier alpha value is -3.02. The first-order valence-electron chi connectivity index (χ1n) is 6.58. The van der Waals surface area contributed by atoms with Crippen molar-refractivity contribution in [3.63, 3.8) is 0 Å². The average molecular weight is 297 g/mol. The highest BCUT2D eigenvalue weighted by Crippen LogP contribution is 2.19. The monoisotopic (exact) mass is 297 g/mol. The lowest BCUT2D eigenvalue weighted by Gasteiger charge is -2.09. The molecule has 5 nitrogen and oxygen atoms in total. The number of carbonyl (C=O) groups excluding carboxylic acids is 1. The lowest BCUT2D eigenvalue weighted by Crippen LogP contribution is -2.13. The van der Waals surface area contributed by atoms with Gasteiger partial charge in [-0.05, 0) is 36.8 Å². The van der Waals surface area contributed by atoms with Crippen LogP contribution in [0, 0.1) is 12.7 Å². The van der Waals surface area contributed by atoms with E-state index in [1.165, 1.54) is 18.5 Å². The van der Waals surface area contributed by atoms with Gasteiger partial charge in [0.25, 0.3) is 5.91 Å². The number of hydrogen-bond acceptors (Lipinski definition) is 4. The molecule has 0 atom stereocenters. The van der Waals surface area contributed by atoms with Crippen LogP contribution in [0.15, 0.2) is 53.4 Å². The normalized spacial score (nSPS) is 10.5. The second-order valence-electron chi connectivity index (χ2n) is 4.75. The number of anilines is 1. The molecule has 0 spiro atoms. The van der Waals surface area contributed by atoms with Gasteiger partial charge < -0.3 is 9.84 Å². The number of amides is 1. The number of aryl methyl sites for hydroxylation is 1. The van der Waals surface area contributed by atoms with E-state index >= 15 is 0 Å². The Morgan fingerprint density at radius 1 is 1.23 bits per heavy atom. The first-order valence-corrected chi connectivity index (χ1v) is 6.58. The number of rotatable bonds is 3. The van der Waals surface area contributed by atoms with E-state index in [2.05, 4.69) is 15.5 Å². The van der Waals surface area contributed by atoms with Crippen LogP contribution in [0.5, 0.6) is 0 Å². The highest BCUT2D eigenvalue weighted by Gasteiger charge is 2.11. The van der Waals surface area contributed by atoms with Crippen molar-refractivity contribution in [2.45, 2.75) is 6.92 Å². The molecule has 2 aromatic carbocycles. The SMILES string of the molecule is Cc1ccc(F)cc1NC(=O)c1cccc(-c2ncon2)c1. The van der Waals surface area contributed by atoms with Crippen LogP contribution >= 0.6 is 0 Å². The number of hydrogen-bond donors (Lipinski definition) is 1. The molecule has 3 rings (SSSR count). The van der Waals surface area contributed by atoms with E-state index in [1.54, 1.807) is 37.3 Å². The second kappa shape index (κ2) is 5.77. The number of carbonyl (C=O) groups is 1. The van der Waals surface area contributed by atoms with Crippen molar-refractivity contribution in [3.8, 4) is 11.4 Å². The van der Waals surface area contributed by atoms with Crippen LogP contribution < -0.4 is 5.32 Å². The highest BCUT2D eigenvalue weighted by molar-refractivity contribution is 6.05. The molecule has 0 bridgehead atoms. The fourth-order valence-corrected chi connectivity index (χ4v) is 2.02. The quantitative estimate of drug-likeness (QED) is 0.804. The van der Waals surface area contributed by atoms with Gasteiger partial charge in [-0.3, -0.25) is 4.79 Å². The van der Waals surface area contributed by atoms with E-state index in [9.17, 15) is 9.18 Å². The van der Waals surface area contributed by atoms with Crippen LogP contribution in [-0.2, 0) is 0 Å². The maximum atomic E-state index is 13.3. The molecule has 1 aromatic heterocycles. The zero-order valence-corrected chi connectivity index (χ0v) is 11.7. The number of nitrogens with zero attached hydrogens (tertiary/aromatic N) is 2. The summed E-state index contributed by atoms with van der Waals surface area (Å²) in [6.07, 6.45) is 1.22. The standard InChI is InChI=1S/C16H12FN3O2/c1-10-5-6-13(17)8-14(10)19-16(21)12-4-2-3-11(7-12)15-18-9-22-20-15/h2-9H,1H3,(H,19,21). The highest BCUT2D eigenvalue weighted by atomic mass is 19.1. The van der Waals surface area contributed by atoms with E-state index in [0.717, 1.165) is 5.56 Å². The minimum Gasteiger partial charge on any atom is -0.342 e. The zero-order valence-electron chi connectivity index (χ0n) is 11.7. The summed E-state index contributed by atoms with van der Waals surface area (Å²) in [6, 6.07) is 11.1. The van der Waals surface area contributed by atoms with Gasteiger partial charge in [-0.25, -0.2) is 4.39 Å². The minimum absolute atomic E-state index is 0.334. The molecule has 22 heavy (non-hydrogen) atoms. The third-order valence-electron chi connectivity index (χ3n) is 3.19. The topological polar surface area (TPSA) is 68.0 Å². The first-order chi connectivity index (χ1) is 10.6. The zero-order chi connectivity index (χ0) is 15.5. The van der Waals surface area contributed by atoms with Gasteiger partial charge in [0.2, 0.25) is 12.2 Å². The number of aromatic nitrogens is 2. The first kappa shape index (κ1) is 13.9. The summed E-state index contributed by atoms with van der Waals surface area (Å²) in [6.45, 7) is 1.80. The summed E-state index contributed by atoms with van der Waals surface area (Å²) in [5.41, 5.74) is 2.31. The summed E-state index contributed by atoms with van der Waals surface area (Å²) in [4.78, 5) is 16.2. The molecule has 0 saturated heterocycles. The second-order valence-corrected chi connectivity index (χ2v) is 4.75. The lowest BCUT2D eigenvalue weighted by atomic mass is 10.1. The molecule has 0 aliphatic carbocycles. The predicted molar refractivity (Wildman–Crippen MR) is 78.8 cm³/mol. The smallest absolute Gasteiger partial charge is 0.255 e. The van der Waals surface area contributed by atoms with Gasteiger partial charge in [-0.15, -0.1) is 0 Å². The van der Waals surface area contributed by atoms with E-state index < -0.39 is 5.82 Å². The molecule has 0 aliphatic rings. The van der Waals surface area contributed by atoms with Crippen LogP contribution in [0.1, 0.15) is 15.9 Å². The Kier molecular flexibility index (Phi) is 3.65. The molecular formula is C16H12FN3O2. The number of halogens is 1. The molecular weight excluding hydrogens is 285 g/mol. The van der Waals surface area contributed by atoms with E-state index in [1.807, 2.05) is 0 Å². The number of benzene rings is 2. The Bertz CT molecular complexity index is 816. The summed E-state index contributed by atoms with van der Waals surface area (Å²) < 4.78 is 18.0. The van der Waals surface area contributed by atoms with Crippen LogP contribution in [0.4, 0.5) is 10.1 Å². The lowest BCUT2D eigenvalue weighted by molar-refractivity contribution is 0.102. The molecule has 0 unspecified atom stereocenters. The molecule has 0 radical (unpaired) electrons. The van der Waals surface area contributed by atoms with Crippen molar-refractivity contribution in [2.75, 3.05) is 5.32 Å². The Morgan fingerprint density at radius 2 is 2.09 bits per heavy atom. The van der Waals surface area contributed by atoms with E-state index in [0.29, 0.717) is 22.6 Å². The predicted octanol–water partition coefficient (Wildman–Crippen LogP) is 3.44. The Morgan fingerprint density at radius 3 is 2.86 bits per heavy atom. The Labute approximate surface area is 125 Å². The van der Waals surface area contributed by atoms with Gasteiger partial charge in [0.1, 0.15) is 5.82 Å². The van der Waals surface area contributed by atoms with Crippen LogP contribution in [0.25, 0.3) is 11.4 Å². The van der Waals surface area contributed by atoms with Crippen molar-refractivity contribution < 1.29 is 13.7 Å². The summed E-state index contributed by atoms with van der Waals surface area (Å²) >= 11 is 0. The molecule has 0 fully saturated rings. The van der Waals surface area contributed by atoms with Crippen molar-refractivity contribution in [2.24, 2.45) is 0 Å². The molecule has 0 aliphatic heterocycles. The maximum absolute atomic E-state index is 13.3. The van der Waals surface area contributed by atoms with Crippen LogP contribution in [0.2, 0.25) is 0 Å². The third-order valence-corrected chi connectivity index (χ3v) is 3.19. The summed E-state index contributed by atoms with van der Waals surface area (Å²) in [5.74, 6) is -0.336. The van der Waals surface area contributed by atoms with Crippen molar-refractivity contribution >= 4 is 11.6 Å². The molecule has 1 heterocycles. The summed E-state index contributed by atoms with van der Waals surface area (Å²) in [5, 5.41) is 6.43. The third kappa shape index (κ3) is 2.85. The van der Waals surface area contributed by atoms with Crippen LogP contribution in [-0.4, -0.2) is 16.0 Å². The Balaban J connectivity index is 1.86. The van der Waals surface area contributed by atoms with Crippen molar-refractivity contribution in [3.05, 3.63) is 65.8 Å². The van der Waals surface area contributed by atoms with Gasteiger partial charge in [0.15, 0.2) is 0 Å².